The summed E-state index contributed by atoms with van der Waals surface area (Å²) in [6.45, 7) is 5.48. The molecule has 0 radical (unpaired) electrons. The Morgan fingerprint density at radius 3 is 2.60 bits per heavy atom. The van der Waals surface area contributed by atoms with Crippen molar-refractivity contribution in [1.29, 1.82) is 0 Å². The van der Waals surface area contributed by atoms with Gasteiger partial charge in [-0.25, -0.2) is 0 Å². The predicted octanol–water partition coefficient (Wildman–Crippen LogP) is 5.74. The third-order valence-electron chi connectivity index (χ3n) is 3.56. The Bertz CT molecular complexity index is 680. The number of rotatable bonds is 10. The monoisotopic (exact) mass is 401 g/mol. The van der Waals surface area contributed by atoms with Gasteiger partial charge in [0.15, 0.2) is 0 Å². The van der Waals surface area contributed by atoms with E-state index in [9.17, 15) is 0 Å². The summed E-state index contributed by atoms with van der Waals surface area (Å²) in [5, 5.41) is 5.13. The molecule has 0 aromatic heterocycles. The molecular weight excluding hydrogens is 381 g/mol. The summed E-state index contributed by atoms with van der Waals surface area (Å²) in [5.74, 6) is 0.799. The second-order valence-corrected chi connectivity index (χ2v) is 6.77. The van der Waals surface area contributed by atoms with Gasteiger partial charge in [0.2, 0.25) is 0 Å². The molecule has 0 saturated heterocycles. The zero-order chi connectivity index (χ0) is 18.1. The third kappa shape index (κ3) is 7.04. The van der Waals surface area contributed by atoms with Crippen LogP contribution in [0.5, 0.6) is 5.75 Å². The van der Waals surface area contributed by atoms with Crippen molar-refractivity contribution in [3.05, 3.63) is 62.6 Å². The summed E-state index contributed by atoms with van der Waals surface area (Å²) in [6, 6.07) is 11.1. The van der Waals surface area contributed by atoms with Gasteiger partial charge in [-0.05, 0) is 55.8 Å². The van der Waals surface area contributed by atoms with Crippen LogP contribution in [0.15, 0.2) is 36.4 Å². The Morgan fingerprint density at radius 1 is 1.00 bits per heavy atom. The minimum Gasteiger partial charge on any atom is -0.489 e. The SMILES string of the molecule is CCOCCCNCc1cc(Cl)ccc1OCc1ccc(Cl)c(Cl)c1. The number of halogens is 3. The number of ether oxygens (including phenoxy) is 2. The first-order chi connectivity index (χ1) is 12.1. The summed E-state index contributed by atoms with van der Waals surface area (Å²) in [4.78, 5) is 0. The normalized spacial score (nSPS) is 10.9. The molecule has 0 atom stereocenters. The van der Waals surface area contributed by atoms with Crippen molar-refractivity contribution in [1.82, 2.24) is 5.32 Å². The van der Waals surface area contributed by atoms with Gasteiger partial charge in [-0.2, -0.15) is 0 Å². The van der Waals surface area contributed by atoms with Gasteiger partial charge < -0.3 is 14.8 Å². The van der Waals surface area contributed by atoms with Gasteiger partial charge >= 0.3 is 0 Å². The van der Waals surface area contributed by atoms with Crippen LogP contribution in [0.1, 0.15) is 24.5 Å². The maximum Gasteiger partial charge on any atom is 0.124 e. The fourth-order valence-corrected chi connectivity index (χ4v) is 2.80. The molecule has 0 fully saturated rings. The molecule has 0 unspecified atom stereocenters. The molecule has 0 spiro atoms. The van der Waals surface area contributed by atoms with E-state index in [0.29, 0.717) is 28.2 Å². The first-order valence-corrected chi connectivity index (χ1v) is 9.37. The molecule has 1 N–H and O–H groups in total. The number of benzene rings is 2. The van der Waals surface area contributed by atoms with Gasteiger partial charge in [0.1, 0.15) is 12.4 Å². The molecule has 6 heteroatoms. The smallest absolute Gasteiger partial charge is 0.124 e. The van der Waals surface area contributed by atoms with Crippen LogP contribution in [-0.2, 0) is 17.9 Å². The van der Waals surface area contributed by atoms with Crippen LogP contribution in [0.3, 0.4) is 0 Å². The molecule has 0 saturated carbocycles. The minimum absolute atomic E-state index is 0.413. The average Bonchev–Trinajstić information content (AvgIpc) is 2.60. The summed E-state index contributed by atoms with van der Waals surface area (Å²) >= 11 is 18.1. The van der Waals surface area contributed by atoms with Gasteiger partial charge in [-0.1, -0.05) is 40.9 Å². The Labute approximate surface area is 164 Å². The van der Waals surface area contributed by atoms with Crippen molar-refractivity contribution in [2.45, 2.75) is 26.5 Å². The van der Waals surface area contributed by atoms with Crippen LogP contribution < -0.4 is 10.1 Å². The Balaban J connectivity index is 1.92. The van der Waals surface area contributed by atoms with Crippen LogP contribution in [0.2, 0.25) is 15.1 Å². The third-order valence-corrected chi connectivity index (χ3v) is 4.54. The molecule has 0 aliphatic rings. The summed E-state index contributed by atoms with van der Waals surface area (Å²) in [6.07, 6.45) is 0.966. The number of hydrogen-bond donors (Lipinski definition) is 1. The minimum atomic E-state index is 0.413. The second kappa shape index (κ2) is 10.9. The summed E-state index contributed by atoms with van der Waals surface area (Å²) in [5.41, 5.74) is 1.98. The van der Waals surface area contributed by atoms with E-state index < -0.39 is 0 Å². The lowest BCUT2D eigenvalue weighted by molar-refractivity contribution is 0.144. The largest absolute Gasteiger partial charge is 0.489 e. The van der Waals surface area contributed by atoms with Crippen molar-refractivity contribution in [2.24, 2.45) is 0 Å². The van der Waals surface area contributed by atoms with Gasteiger partial charge in [0.25, 0.3) is 0 Å². The van der Waals surface area contributed by atoms with Crippen LogP contribution in [0.4, 0.5) is 0 Å². The van der Waals surface area contributed by atoms with Crippen molar-refractivity contribution >= 4 is 34.8 Å². The molecule has 0 heterocycles. The van der Waals surface area contributed by atoms with Gasteiger partial charge in [0.05, 0.1) is 10.0 Å². The number of hydrogen-bond acceptors (Lipinski definition) is 3. The summed E-state index contributed by atoms with van der Waals surface area (Å²) < 4.78 is 11.3. The molecule has 2 aromatic carbocycles. The first kappa shape index (κ1) is 20.3. The van der Waals surface area contributed by atoms with E-state index in [4.69, 9.17) is 44.3 Å². The Hall–Kier alpha value is -0.970. The zero-order valence-electron chi connectivity index (χ0n) is 14.2. The number of nitrogens with one attached hydrogen (secondary N) is 1. The van der Waals surface area contributed by atoms with Crippen LogP contribution in [0.25, 0.3) is 0 Å². The highest BCUT2D eigenvalue weighted by Gasteiger charge is 2.06. The van der Waals surface area contributed by atoms with E-state index in [0.717, 1.165) is 43.1 Å². The van der Waals surface area contributed by atoms with E-state index in [2.05, 4.69) is 5.32 Å². The van der Waals surface area contributed by atoms with Crippen LogP contribution in [-0.4, -0.2) is 19.8 Å². The molecule has 0 aliphatic carbocycles. The molecule has 3 nitrogen and oxygen atoms in total. The maximum absolute atomic E-state index is 6.12. The van der Waals surface area contributed by atoms with E-state index in [1.54, 1.807) is 6.07 Å². The lowest BCUT2D eigenvalue weighted by atomic mass is 10.2. The average molecular weight is 403 g/mol. The van der Waals surface area contributed by atoms with E-state index in [1.165, 1.54) is 0 Å². The Kier molecular flexibility index (Phi) is 8.87. The summed E-state index contributed by atoms with van der Waals surface area (Å²) in [7, 11) is 0. The molecule has 0 aliphatic heterocycles. The molecule has 0 amide bonds. The first-order valence-electron chi connectivity index (χ1n) is 8.23. The van der Waals surface area contributed by atoms with Crippen molar-refractivity contribution in [3.63, 3.8) is 0 Å². The topological polar surface area (TPSA) is 30.5 Å². The van der Waals surface area contributed by atoms with Crippen molar-refractivity contribution in [3.8, 4) is 5.75 Å². The van der Waals surface area contributed by atoms with Gasteiger partial charge in [0, 0.05) is 30.3 Å². The molecule has 2 rings (SSSR count). The highest BCUT2D eigenvalue weighted by atomic mass is 35.5. The fourth-order valence-electron chi connectivity index (χ4n) is 2.28. The highest BCUT2D eigenvalue weighted by Crippen LogP contribution is 2.26. The second-order valence-electron chi connectivity index (χ2n) is 5.52. The molecule has 25 heavy (non-hydrogen) atoms. The van der Waals surface area contributed by atoms with Crippen LogP contribution >= 0.6 is 34.8 Å². The lowest BCUT2D eigenvalue weighted by Crippen LogP contribution is -2.17. The molecule has 0 bridgehead atoms. The van der Waals surface area contributed by atoms with Crippen molar-refractivity contribution < 1.29 is 9.47 Å². The lowest BCUT2D eigenvalue weighted by Gasteiger charge is -2.13. The van der Waals surface area contributed by atoms with Crippen LogP contribution in [0, 0.1) is 0 Å². The zero-order valence-corrected chi connectivity index (χ0v) is 16.4. The highest BCUT2D eigenvalue weighted by molar-refractivity contribution is 6.42. The molecule has 136 valence electrons. The van der Waals surface area contributed by atoms with E-state index in [1.807, 2.05) is 37.3 Å². The van der Waals surface area contributed by atoms with Gasteiger partial charge in [-0.3, -0.25) is 0 Å². The van der Waals surface area contributed by atoms with E-state index in [-0.39, 0.29) is 0 Å². The Morgan fingerprint density at radius 2 is 1.84 bits per heavy atom. The predicted molar refractivity (Wildman–Crippen MR) is 105 cm³/mol. The van der Waals surface area contributed by atoms with Gasteiger partial charge in [-0.15, -0.1) is 0 Å². The van der Waals surface area contributed by atoms with E-state index >= 15 is 0 Å². The molecular formula is C19H22Cl3NO2. The quantitative estimate of drug-likeness (QED) is 0.514. The fraction of sp³-hybridized carbons (Fsp3) is 0.368. The van der Waals surface area contributed by atoms with Crippen molar-refractivity contribution in [2.75, 3.05) is 19.8 Å². The standard InChI is InChI=1S/C19H22Cl3NO2/c1-2-24-9-3-8-23-12-15-11-16(20)5-7-19(15)25-13-14-4-6-17(21)18(22)10-14/h4-7,10-11,23H,2-3,8-9,12-13H2,1H3. The maximum atomic E-state index is 6.12. The molecule has 2 aromatic rings.